The van der Waals surface area contributed by atoms with Gasteiger partial charge in [-0.25, -0.2) is 0 Å². The molecule has 0 heterocycles. The number of methoxy groups -OCH3 is 3. The van der Waals surface area contributed by atoms with Crippen molar-refractivity contribution in [2.75, 3.05) is 21.3 Å². The molecule has 1 unspecified atom stereocenters. The predicted molar refractivity (Wildman–Crippen MR) is 64.9 cm³/mol. The number of aliphatic hydroxyl groups is 1. The highest BCUT2D eigenvalue weighted by atomic mass is 16.7. The van der Waals surface area contributed by atoms with Crippen LogP contribution in [0, 0.1) is 0 Å². The summed E-state index contributed by atoms with van der Waals surface area (Å²) in [5, 5.41) is 9.32. The van der Waals surface area contributed by atoms with Crippen LogP contribution in [0.2, 0.25) is 0 Å². The maximum Gasteiger partial charge on any atom is 0.318 e. The number of benzene rings is 1. The summed E-state index contributed by atoms with van der Waals surface area (Å²) in [6.45, 7) is -0.163. The minimum absolute atomic E-state index is 0.163. The Kier molecular flexibility index (Phi) is 5.77. The second-order valence-corrected chi connectivity index (χ2v) is 3.70. The van der Waals surface area contributed by atoms with E-state index in [0.29, 0.717) is 11.1 Å². The molecule has 0 aliphatic rings. The van der Waals surface area contributed by atoms with Gasteiger partial charge < -0.3 is 19.3 Å². The van der Waals surface area contributed by atoms with Gasteiger partial charge in [-0.3, -0.25) is 4.79 Å². The molecule has 5 nitrogen and oxygen atoms in total. The van der Waals surface area contributed by atoms with Crippen molar-refractivity contribution in [3.63, 3.8) is 0 Å². The predicted octanol–water partition coefficient (Wildman–Crippen LogP) is 1.05. The molecule has 5 heteroatoms. The van der Waals surface area contributed by atoms with Crippen molar-refractivity contribution in [2.45, 2.75) is 18.8 Å². The molecule has 0 bridgehead atoms. The van der Waals surface area contributed by atoms with E-state index < -0.39 is 18.2 Å². The summed E-state index contributed by atoms with van der Waals surface area (Å²) in [5.74, 6) is -1.20. The fourth-order valence-corrected chi connectivity index (χ4v) is 1.86. The zero-order valence-corrected chi connectivity index (χ0v) is 10.8. The van der Waals surface area contributed by atoms with E-state index in [9.17, 15) is 9.90 Å². The molecule has 1 N–H and O–H groups in total. The lowest BCUT2D eigenvalue weighted by Crippen LogP contribution is -2.31. The molecule has 1 aromatic rings. The van der Waals surface area contributed by atoms with E-state index in [1.807, 2.05) is 0 Å². The Hall–Kier alpha value is -1.43. The van der Waals surface area contributed by atoms with Crippen LogP contribution in [0.15, 0.2) is 24.3 Å². The first-order valence-corrected chi connectivity index (χ1v) is 5.51. The summed E-state index contributed by atoms with van der Waals surface area (Å²) in [6, 6.07) is 7.07. The highest BCUT2D eigenvalue weighted by molar-refractivity contribution is 5.79. The fourth-order valence-electron chi connectivity index (χ4n) is 1.86. The monoisotopic (exact) mass is 254 g/mol. The highest BCUT2D eigenvalue weighted by Gasteiger charge is 2.32. The van der Waals surface area contributed by atoms with E-state index in [1.165, 1.54) is 21.3 Å². The Bertz CT molecular complexity index is 387. The second kappa shape index (κ2) is 7.10. The van der Waals surface area contributed by atoms with Crippen LogP contribution in [0.5, 0.6) is 0 Å². The van der Waals surface area contributed by atoms with Crippen molar-refractivity contribution in [1.82, 2.24) is 0 Å². The lowest BCUT2D eigenvalue weighted by molar-refractivity contribution is -0.163. The van der Waals surface area contributed by atoms with E-state index in [-0.39, 0.29) is 6.61 Å². The molecule has 18 heavy (non-hydrogen) atoms. The van der Waals surface area contributed by atoms with Crippen molar-refractivity contribution in [3.05, 3.63) is 35.4 Å². The van der Waals surface area contributed by atoms with Crippen LogP contribution in [0.4, 0.5) is 0 Å². The molecule has 0 spiro atoms. The number of carbonyl (C=O) groups excluding carboxylic acids is 1. The number of hydrogen-bond acceptors (Lipinski definition) is 5. The van der Waals surface area contributed by atoms with E-state index in [4.69, 9.17) is 14.2 Å². The molecule has 0 radical (unpaired) electrons. The van der Waals surface area contributed by atoms with Crippen molar-refractivity contribution < 1.29 is 24.1 Å². The molecule has 0 saturated heterocycles. The van der Waals surface area contributed by atoms with Crippen LogP contribution in [0.3, 0.4) is 0 Å². The Balaban J connectivity index is 3.20. The number of rotatable bonds is 6. The maximum absolute atomic E-state index is 11.9. The Morgan fingerprint density at radius 2 is 1.83 bits per heavy atom. The van der Waals surface area contributed by atoms with Gasteiger partial charge in [0.1, 0.15) is 5.92 Å². The third-order valence-electron chi connectivity index (χ3n) is 2.75. The summed E-state index contributed by atoms with van der Waals surface area (Å²) in [4.78, 5) is 11.9. The average Bonchev–Trinajstić information content (AvgIpc) is 2.43. The minimum Gasteiger partial charge on any atom is -0.468 e. The molecule has 0 saturated carbocycles. The summed E-state index contributed by atoms with van der Waals surface area (Å²) < 4.78 is 15.0. The lowest BCUT2D eigenvalue weighted by atomic mass is 9.93. The van der Waals surface area contributed by atoms with Gasteiger partial charge in [-0.1, -0.05) is 24.3 Å². The van der Waals surface area contributed by atoms with Gasteiger partial charge in [0, 0.05) is 14.2 Å². The molecule has 0 aromatic heterocycles. The van der Waals surface area contributed by atoms with E-state index in [2.05, 4.69) is 0 Å². The largest absolute Gasteiger partial charge is 0.468 e. The number of ether oxygens (including phenoxy) is 3. The van der Waals surface area contributed by atoms with Crippen molar-refractivity contribution in [1.29, 1.82) is 0 Å². The van der Waals surface area contributed by atoms with Crippen LogP contribution in [0.1, 0.15) is 17.0 Å². The minimum atomic E-state index is -0.759. The smallest absolute Gasteiger partial charge is 0.318 e. The highest BCUT2D eigenvalue weighted by Crippen LogP contribution is 2.27. The summed E-state index contributed by atoms with van der Waals surface area (Å²) in [5.41, 5.74) is 1.28. The molecular weight excluding hydrogens is 236 g/mol. The number of hydrogen-bond donors (Lipinski definition) is 1. The average molecular weight is 254 g/mol. The van der Waals surface area contributed by atoms with Crippen LogP contribution < -0.4 is 0 Å². The topological polar surface area (TPSA) is 65.0 Å². The van der Waals surface area contributed by atoms with E-state index >= 15 is 0 Å². The third kappa shape index (κ3) is 3.07. The van der Waals surface area contributed by atoms with E-state index in [1.54, 1.807) is 24.3 Å². The quantitative estimate of drug-likeness (QED) is 0.607. The first-order chi connectivity index (χ1) is 8.69. The van der Waals surface area contributed by atoms with Gasteiger partial charge in [-0.2, -0.15) is 0 Å². The number of esters is 1. The number of aliphatic hydroxyl groups excluding tert-OH is 1. The first-order valence-electron chi connectivity index (χ1n) is 5.51. The van der Waals surface area contributed by atoms with Gasteiger partial charge in [-0.05, 0) is 11.1 Å². The van der Waals surface area contributed by atoms with Crippen LogP contribution in [-0.4, -0.2) is 38.7 Å². The first kappa shape index (κ1) is 14.6. The lowest BCUT2D eigenvalue weighted by Gasteiger charge is -2.24. The van der Waals surface area contributed by atoms with Crippen LogP contribution >= 0.6 is 0 Å². The molecule has 1 aromatic carbocycles. The molecule has 1 rings (SSSR count). The standard InChI is InChI=1S/C13H18O5/c1-16-12(15)11(13(17-2)18-3)10-7-5-4-6-9(10)8-14/h4-7,11,13-14H,8H2,1-3H3. The zero-order valence-electron chi connectivity index (χ0n) is 10.8. The summed E-state index contributed by atoms with van der Waals surface area (Å²) >= 11 is 0. The number of carbonyl (C=O) groups is 1. The van der Waals surface area contributed by atoms with Gasteiger partial charge in [0.25, 0.3) is 0 Å². The Morgan fingerprint density at radius 3 is 2.33 bits per heavy atom. The Morgan fingerprint density at radius 1 is 1.22 bits per heavy atom. The van der Waals surface area contributed by atoms with Crippen LogP contribution in [-0.2, 0) is 25.6 Å². The van der Waals surface area contributed by atoms with Crippen molar-refractivity contribution in [3.8, 4) is 0 Å². The third-order valence-corrected chi connectivity index (χ3v) is 2.75. The Labute approximate surface area is 106 Å². The second-order valence-electron chi connectivity index (χ2n) is 3.70. The van der Waals surface area contributed by atoms with Gasteiger partial charge >= 0.3 is 5.97 Å². The van der Waals surface area contributed by atoms with E-state index in [0.717, 1.165) is 0 Å². The summed E-state index contributed by atoms with van der Waals surface area (Å²) in [6.07, 6.45) is -0.759. The molecule has 0 aliphatic heterocycles. The molecule has 0 aliphatic carbocycles. The fraction of sp³-hybridized carbons (Fsp3) is 0.462. The van der Waals surface area contributed by atoms with Crippen molar-refractivity contribution in [2.24, 2.45) is 0 Å². The van der Waals surface area contributed by atoms with Crippen LogP contribution in [0.25, 0.3) is 0 Å². The maximum atomic E-state index is 11.9. The molecule has 100 valence electrons. The SMILES string of the molecule is COC(=O)C(c1ccccc1CO)C(OC)OC. The molecule has 1 atom stereocenters. The molecular formula is C13H18O5. The van der Waals surface area contributed by atoms with Crippen molar-refractivity contribution >= 4 is 5.97 Å². The van der Waals surface area contributed by atoms with Gasteiger partial charge in [0.15, 0.2) is 6.29 Å². The zero-order chi connectivity index (χ0) is 13.5. The summed E-state index contributed by atoms with van der Waals surface area (Å²) in [7, 11) is 4.20. The van der Waals surface area contributed by atoms with Gasteiger partial charge in [0.2, 0.25) is 0 Å². The normalized spacial score (nSPS) is 12.5. The molecule has 0 fully saturated rings. The molecule has 0 amide bonds. The van der Waals surface area contributed by atoms with Gasteiger partial charge in [0.05, 0.1) is 13.7 Å². The van der Waals surface area contributed by atoms with Gasteiger partial charge in [-0.15, -0.1) is 0 Å².